The second-order valence-electron chi connectivity index (χ2n) is 2.07. The second kappa shape index (κ2) is 4.88. The molecule has 0 unspecified atom stereocenters. The van der Waals surface area contributed by atoms with Crippen molar-refractivity contribution < 1.29 is 5.11 Å². The van der Waals surface area contributed by atoms with Crippen LogP contribution < -0.4 is 0 Å². The monoisotopic (exact) mass is 140 g/mol. The lowest BCUT2D eigenvalue weighted by atomic mass is 10.4. The number of hydrogen-bond donors (Lipinski definition) is 1. The van der Waals surface area contributed by atoms with Gasteiger partial charge in [0.15, 0.2) is 5.84 Å². The minimum Gasteiger partial charge on any atom is -0.388 e. The van der Waals surface area contributed by atoms with E-state index >= 15 is 0 Å². The van der Waals surface area contributed by atoms with Gasteiger partial charge in [-0.3, -0.25) is 0 Å². The third-order valence-electron chi connectivity index (χ3n) is 0.796. The van der Waals surface area contributed by atoms with Gasteiger partial charge in [0.25, 0.3) is 0 Å². The van der Waals surface area contributed by atoms with Gasteiger partial charge in [0, 0.05) is 6.20 Å². The van der Waals surface area contributed by atoms with E-state index in [1.54, 1.807) is 6.20 Å². The molecule has 0 bridgehead atoms. The number of amidine groups is 1. The average molecular weight is 140 g/mol. The number of nitrogens with zero attached hydrogens (tertiary/aromatic N) is 2. The highest BCUT2D eigenvalue weighted by molar-refractivity contribution is 5.87. The van der Waals surface area contributed by atoms with Gasteiger partial charge in [-0.05, 0) is 20.6 Å². The largest absolute Gasteiger partial charge is 0.388 e. The lowest BCUT2D eigenvalue weighted by molar-refractivity contribution is 0.356. The Morgan fingerprint density at radius 2 is 2.20 bits per heavy atom. The van der Waals surface area contributed by atoms with Crippen LogP contribution in [0, 0.1) is 0 Å². The van der Waals surface area contributed by atoms with Crippen LogP contribution in [0.4, 0.5) is 0 Å². The van der Waals surface area contributed by atoms with Crippen molar-refractivity contribution in [2.45, 2.75) is 13.8 Å². The summed E-state index contributed by atoms with van der Waals surface area (Å²) in [6.07, 6.45) is 1.64. The van der Waals surface area contributed by atoms with Gasteiger partial charge in [-0.25, -0.2) is 9.98 Å². The molecule has 0 radical (unpaired) electrons. The van der Waals surface area contributed by atoms with Crippen LogP contribution in [0.2, 0.25) is 0 Å². The summed E-state index contributed by atoms with van der Waals surface area (Å²) in [5.74, 6) is 0.348. The van der Waals surface area contributed by atoms with Gasteiger partial charge < -0.3 is 5.11 Å². The quantitative estimate of drug-likeness (QED) is 0.451. The van der Waals surface area contributed by atoms with E-state index in [0.29, 0.717) is 5.84 Å². The van der Waals surface area contributed by atoms with E-state index in [9.17, 15) is 0 Å². The van der Waals surface area contributed by atoms with Crippen molar-refractivity contribution in [1.29, 1.82) is 0 Å². The van der Waals surface area contributed by atoms with Crippen molar-refractivity contribution >= 4 is 12.6 Å². The summed E-state index contributed by atoms with van der Waals surface area (Å²) in [6.45, 7) is 6.92. The van der Waals surface area contributed by atoms with Crippen molar-refractivity contribution in [1.82, 2.24) is 0 Å². The molecule has 0 fully saturated rings. The summed E-state index contributed by atoms with van der Waals surface area (Å²) in [6, 6.07) is 0. The molecule has 0 aliphatic rings. The summed E-state index contributed by atoms with van der Waals surface area (Å²) < 4.78 is 0. The van der Waals surface area contributed by atoms with Crippen molar-refractivity contribution in [3.8, 4) is 0 Å². The lowest BCUT2D eigenvalue weighted by Crippen LogP contribution is -1.98. The van der Waals surface area contributed by atoms with E-state index in [-0.39, 0.29) is 6.61 Å². The Kier molecular flexibility index (Phi) is 4.41. The fourth-order valence-corrected chi connectivity index (χ4v) is 0.335. The van der Waals surface area contributed by atoms with Crippen molar-refractivity contribution in [3.63, 3.8) is 0 Å². The Morgan fingerprint density at radius 1 is 1.60 bits per heavy atom. The molecule has 0 aromatic carbocycles. The van der Waals surface area contributed by atoms with Gasteiger partial charge in [-0.15, -0.1) is 0 Å². The molecule has 3 nitrogen and oxygen atoms in total. The zero-order chi connectivity index (χ0) is 7.98. The summed E-state index contributed by atoms with van der Waals surface area (Å²) in [7, 11) is 0. The van der Waals surface area contributed by atoms with Crippen LogP contribution in [0.3, 0.4) is 0 Å². The normalized spacial score (nSPS) is 10.9. The standard InChI is InChI=1S/C7H12N2O/c1-6(2)4-9-7(5-10)8-3/h4,10H,3,5H2,1-2H3/b9-7-. The molecule has 0 rings (SSSR count). The first-order valence-electron chi connectivity index (χ1n) is 2.98. The average Bonchev–Trinajstić information content (AvgIpc) is 1.90. The zero-order valence-electron chi connectivity index (χ0n) is 6.33. The molecule has 0 atom stereocenters. The van der Waals surface area contributed by atoms with Crippen LogP contribution in [-0.4, -0.2) is 24.3 Å². The zero-order valence-corrected chi connectivity index (χ0v) is 6.33. The predicted octanol–water partition coefficient (Wildman–Crippen LogP) is 1.00. The molecule has 10 heavy (non-hydrogen) atoms. The second-order valence-corrected chi connectivity index (χ2v) is 2.07. The molecule has 0 saturated heterocycles. The van der Waals surface area contributed by atoms with Crippen LogP contribution >= 0.6 is 0 Å². The summed E-state index contributed by atoms with van der Waals surface area (Å²) in [5, 5.41) is 8.55. The Morgan fingerprint density at radius 3 is 2.50 bits per heavy atom. The first-order valence-corrected chi connectivity index (χ1v) is 2.98. The van der Waals surface area contributed by atoms with Crippen molar-refractivity contribution in [2.24, 2.45) is 9.98 Å². The highest BCUT2D eigenvalue weighted by Gasteiger charge is 1.86. The van der Waals surface area contributed by atoms with Gasteiger partial charge in [-0.1, -0.05) is 5.57 Å². The van der Waals surface area contributed by atoms with E-state index in [2.05, 4.69) is 16.7 Å². The maximum absolute atomic E-state index is 8.55. The molecule has 0 aliphatic carbocycles. The van der Waals surface area contributed by atoms with Crippen LogP contribution in [0.1, 0.15) is 13.8 Å². The first kappa shape index (κ1) is 9.04. The van der Waals surface area contributed by atoms with Crippen molar-refractivity contribution in [3.05, 3.63) is 11.8 Å². The van der Waals surface area contributed by atoms with Crippen molar-refractivity contribution in [2.75, 3.05) is 6.61 Å². The smallest absolute Gasteiger partial charge is 0.152 e. The molecule has 0 aromatic rings. The lowest BCUT2D eigenvalue weighted by Gasteiger charge is -1.89. The maximum atomic E-state index is 8.55. The van der Waals surface area contributed by atoms with E-state index in [1.165, 1.54) is 0 Å². The highest BCUT2D eigenvalue weighted by Crippen LogP contribution is 1.89. The van der Waals surface area contributed by atoms with E-state index in [0.717, 1.165) is 5.57 Å². The van der Waals surface area contributed by atoms with Gasteiger partial charge in [-0.2, -0.15) is 0 Å². The molecule has 0 aromatic heterocycles. The topological polar surface area (TPSA) is 45.0 Å². The van der Waals surface area contributed by atoms with Gasteiger partial charge >= 0.3 is 0 Å². The molecule has 1 N–H and O–H groups in total. The van der Waals surface area contributed by atoms with Crippen LogP contribution in [0.25, 0.3) is 0 Å². The molecule has 0 spiro atoms. The Balaban J connectivity index is 4.12. The third-order valence-corrected chi connectivity index (χ3v) is 0.796. The highest BCUT2D eigenvalue weighted by atomic mass is 16.3. The first-order chi connectivity index (χ1) is 4.70. The molecule has 0 aliphatic heterocycles. The number of hydrogen-bond acceptors (Lipinski definition) is 2. The Hall–Kier alpha value is -0.960. The Labute approximate surface area is 60.8 Å². The van der Waals surface area contributed by atoms with Crippen LogP contribution in [0.5, 0.6) is 0 Å². The number of allylic oxidation sites excluding steroid dienone is 1. The van der Waals surface area contributed by atoms with E-state index < -0.39 is 0 Å². The number of aliphatic hydroxyl groups excluding tert-OH is 1. The predicted molar refractivity (Wildman–Crippen MR) is 43.5 cm³/mol. The summed E-state index contributed by atoms with van der Waals surface area (Å²) in [4.78, 5) is 7.32. The molecule has 0 saturated carbocycles. The molecular weight excluding hydrogens is 128 g/mol. The Bertz CT molecular complexity index is 166. The van der Waals surface area contributed by atoms with Gasteiger partial charge in [0.05, 0.1) is 0 Å². The molecular formula is C7H12N2O. The molecule has 3 heteroatoms. The number of aliphatic hydroxyl groups is 1. The fourth-order valence-electron chi connectivity index (χ4n) is 0.335. The van der Waals surface area contributed by atoms with Gasteiger partial charge in [0.2, 0.25) is 0 Å². The number of rotatable bonds is 2. The van der Waals surface area contributed by atoms with Crippen LogP contribution in [-0.2, 0) is 0 Å². The van der Waals surface area contributed by atoms with Crippen LogP contribution in [0.15, 0.2) is 21.8 Å². The minimum absolute atomic E-state index is 0.159. The minimum atomic E-state index is -0.159. The van der Waals surface area contributed by atoms with E-state index in [4.69, 9.17) is 5.11 Å². The van der Waals surface area contributed by atoms with Gasteiger partial charge in [0.1, 0.15) is 6.61 Å². The number of aliphatic imine (C=N–C) groups is 2. The maximum Gasteiger partial charge on any atom is 0.152 e. The molecule has 0 heterocycles. The molecule has 56 valence electrons. The SMILES string of the molecule is C=N/C(CO)=N\C=C(C)C. The summed E-state index contributed by atoms with van der Waals surface area (Å²) in [5.41, 5.74) is 1.06. The summed E-state index contributed by atoms with van der Waals surface area (Å²) >= 11 is 0. The fraction of sp³-hybridized carbons (Fsp3) is 0.429. The van der Waals surface area contributed by atoms with E-state index in [1.807, 2.05) is 13.8 Å². The molecule has 0 amide bonds. The third kappa shape index (κ3) is 3.97.